The number of ether oxygens (including phenoxy) is 1. The van der Waals surface area contributed by atoms with Gasteiger partial charge < -0.3 is 9.84 Å². The van der Waals surface area contributed by atoms with E-state index < -0.39 is 21.8 Å². The number of carbonyl (C=O) groups is 1. The Hall–Kier alpha value is -2.45. The molecule has 0 saturated heterocycles. The molecular weight excluding hydrogens is 349 g/mol. The minimum absolute atomic E-state index is 0.0102. The Bertz CT molecular complexity index is 938. The summed E-state index contributed by atoms with van der Waals surface area (Å²) < 4.78 is 46.8. The molecule has 0 bridgehead atoms. The SMILES string of the molecule is COc1cccc(F)c1-c1cc(C(=O)O)cc(S(=O)(=O)NC2CC2)c1. The molecule has 0 radical (unpaired) electrons. The largest absolute Gasteiger partial charge is 0.496 e. The molecule has 1 saturated carbocycles. The first kappa shape index (κ1) is 17.4. The van der Waals surface area contributed by atoms with Gasteiger partial charge in [0.25, 0.3) is 0 Å². The van der Waals surface area contributed by atoms with E-state index in [1.54, 1.807) is 0 Å². The van der Waals surface area contributed by atoms with Crippen molar-refractivity contribution in [2.75, 3.05) is 7.11 Å². The van der Waals surface area contributed by atoms with Gasteiger partial charge in [-0.2, -0.15) is 0 Å². The van der Waals surface area contributed by atoms with Gasteiger partial charge in [-0.25, -0.2) is 22.3 Å². The normalized spacial score (nSPS) is 14.3. The van der Waals surface area contributed by atoms with Crippen LogP contribution in [-0.2, 0) is 10.0 Å². The summed E-state index contributed by atoms with van der Waals surface area (Å²) in [5, 5.41) is 9.30. The van der Waals surface area contributed by atoms with Gasteiger partial charge >= 0.3 is 5.97 Å². The monoisotopic (exact) mass is 365 g/mol. The molecule has 0 heterocycles. The van der Waals surface area contributed by atoms with E-state index in [0.29, 0.717) is 0 Å². The van der Waals surface area contributed by atoms with E-state index in [2.05, 4.69) is 4.72 Å². The standard InChI is InChI=1S/C17H16FNO5S/c1-24-15-4-2-3-14(18)16(15)10-7-11(17(20)21)9-13(8-10)25(22,23)19-12-5-6-12/h2-4,7-9,12,19H,5-6H2,1H3,(H,20,21). The minimum atomic E-state index is -3.89. The molecule has 0 aliphatic heterocycles. The van der Waals surface area contributed by atoms with Gasteiger partial charge in [0.15, 0.2) is 0 Å². The number of hydrogen-bond acceptors (Lipinski definition) is 4. The van der Waals surface area contributed by atoms with Gasteiger partial charge in [0.05, 0.1) is 23.1 Å². The topological polar surface area (TPSA) is 92.7 Å². The van der Waals surface area contributed by atoms with Crippen LogP contribution in [0.3, 0.4) is 0 Å². The van der Waals surface area contributed by atoms with Crippen molar-refractivity contribution >= 4 is 16.0 Å². The average Bonchev–Trinajstić information content (AvgIpc) is 3.37. The summed E-state index contributed by atoms with van der Waals surface area (Å²) in [4.78, 5) is 11.2. The van der Waals surface area contributed by atoms with Gasteiger partial charge in [-0.05, 0) is 48.7 Å². The number of rotatable bonds is 6. The molecule has 2 N–H and O–H groups in total. The van der Waals surface area contributed by atoms with Crippen LogP contribution in [-0.4, -0.2) is 32.6 Å². The highest BCUT2D eigenvalue weighted by Crippen LogP contribution is 2.35. The first-order valence-corrected chi connectivity index (χ1v) is 9.04. The maximum absolute atomic E-state index is 14.3. The lowest BCUT2D eigenvalue weighted by Crippen LogP contribution is -2.26. The number of benzene rings is 2. The second-order valence-corrected chi connectivity index (χ2v) is 7.48. The third-order valence-electron chi connectivity index (χ3n) is 3.85. The van der Waals surface area contributed by atoms with Crippen molar-refractivity contribution in [3.63, 3.8) is 0 Å². The molecule has 0 amide bonds. The van der Waals surface area contributed by atoms with Crippen LogP contribution in [0.4, 0.5) is 4.39 Å². The number of carboxylic acids is 1. The number of halogens is 1. The zero-order chi connectivity index (χ0) is 18.2. The number of methoxy groups -OCH3 is 1. The molecule has 0 spiro atoms. The lowest BCUT2D eigenvalue weighted by molar-refractivity contribution is 0.0696. The van der Waals surface area contributed by atoms with Gasteiger partial charge in [-0.1, -0.05) is 6.07 Å². The summed E-state index contributed by atoms with van der Waals surface area (Å²) in [5.41, 5.74) is -0.124. The highest BCUT2D eigenvalue weighted by Gasteiger charge is 2.29. The number of carboxylic acid groups (broad SMARTS) is 1. The van der Waals surface area contributed by atoms with Gasteiger partial charge in [0.1, 0.15) is 11.6 Å². The molecule has 0 atom stereocenters. The first-order valence-electron chi connectivity index (χ1n) is 7.55. The van der Waals surface area contributed by atoms with E-state index in [0.717, 1.165) is 18.9 Å². The summed E-state index contributed by atoms with van der Waals surface area (Å²) in [6.45, 7) is 0. The van der Waals surface area contributed by atoms with Gasteiger partial charge in [0, 0.05) is 6.04 Å². The summed E-state index contributed by atoms with van der Waals surface area (Å²) in [7, 11) is -2.54. The number of nitrogens with one attached hydrogen (secondary N) is 1. The fraction of sp³-hybridized carbons (Fsp3) is 0.235. The van der Waals surface area contributed by atoms with Gasteiger partial charge in [-0.3, -0.25) is 0 Å². The van der Waals surface area contributed by atoms with Gasteiger partial charge in [0.2, 0.25) is 10.0 Å². The zero-order valence-corrected chi connectivity index (χ0v) is 14.1. The Morgan fingerprint density at radius 1 is 1.28 bits per heavy atom. The fourth-order valence-corrected chi connectivity index (χ4v) is 3.84. The van der Waals surface area contributed by atoms with Crippen LogP contribution in [0, 0.1) is 5.82 Å². The second-order valence-electron chi connectivity index (χ2n) is 5.76. The quantitative estimate of drug-likeness (QED) is 0.821. The molecule has 1 aliphatic carbocycles. The summed E-state index contributed by atoms with van der Waals surface area (Å²) in [5.74, 6) is -1.76. The maximum Gasteiger partial charge on any atom is 0.335 e. The van der Waals surface area contributed by atoms with Crippen LogP contribution in [0.25, 0.3) is 11.1 Å². The molecule has 1 aliphatic rings. The number of hydrogen-bond donors (Lipinski definition) is 2. The Labute approximate surface area is 144 Å². The van der Waals surface area contributed by atoms with Crippen molar-refractivity contribution in [2.45, 2.75) is 23.8 Å². The zero-order valence-electron chi connectivity index (χ0n) is 13.3. The fourth-order valence-electron chi connectivity index (χ4n) is 2.47. The van der Waals surface area contributed by atoms with Crippen molar-refractivity contribution < 1.29 is 27.4 Å². The van der Waals surface area contributed by atoms with E-state index >= 15 is 0 Å². The van der Waals surface area contributed by atoms with Crippen molar-refractivity contribution in [3.05, 3.63) is 47.8 Å². The average molecular weight is 365 g/mol. The maximum atomic E-state index is 14.3. The van der Waals surface area contributed by atoms with Crippen molar-refractivity contribution in [3.8, 4) is 16.9 Å². The molecule has 3 rings (SSSR count). The summed E-state index contributed by atoms with van der Waals surface area (Å²) in [6, 6.07) is 7.56. The Balaban J connectivity index is 2.19. The lowest BCUT2D eigenvalue weighted by Gasteiger charge is -2.13. The van der Waals surface area contributed by atoms with E-state index in [9.17, 15) is 22.7 Å². The highest BCUT2D eigenvalue weighted by atomic mass is 32.2. The molecule has 132 valence electrons. The molecule has 8 heteroatoms. The van der Waals surface area contributed by atoms with E-state index in [4.69, 9.17) is 4.74 Å². The third-order valence-corrected chi connectivity index (χ3v) is 5.35. The van der Waals surface area contributed by atoms with Crippen molar-refractivity contribution in [1.82, 2.24) is 4.72 Å². The van der Waals surface area contributed by atoms with E-state index in [1.165, 1.54) is 37.4 Å². The number of aromatic carboxylic acids is 1. The molecular formula is C17H16FNO5S. The molecule has 0 aromatic heterocycles. The smallest absolute Gasteiger partial charge is 0.335 e. The van der Waals surface area contributed by atoms with Crippen LogP contribution in [0.1, 0.15) is 23.2 Å². The Morgan fingerprint density at radius 2 is 2.00 bits per heavy atom. The van der Waals surface area contributed by atoms with Crippen LogP contribution in [0.2, 0.25) is 0 Å². The molecule has 2 aromatic carbocycles. The van der Waals surface area contributed by atoms with E-state index in [-0.39, 0.29) is 33.4 Å². The molecule has 0 unspecified atom stereocenters. The number of sulfonamides is 1. The second kappa shape index (κ2) is 6.45. The van der Waals surface area contributed by atoms with Crippen molar-refractivity contribution in [2.24, 2.45) is 0 Å². The molecule has 25 heavy (non-hydrogen) atoms. The van der Waals surface area contributed by atoms with Crippen LogP contribution < -0.4 is 9.46 Å². The predicted octanol–water partition coefficient (Wildman–Crippen LogP) is 2.64. The lowest BCUT2D eigenvalue weighted by atomic mass is 10.0. The highest BCUT2D eigenvalue weighted by molar-refractivity contribution is 7.89. The summed E-state index contributed by atoms with van der Waals surface area (Å²) in [6.07, 6.45) is 1.48. The molecule has 2 aromatic rings. The Morgan fingerprint density at radius 3 is 2.60 bits per heavy atom. The van der Waals surface area contributed by atoms with Crippen LogP contribution >= 0.6 is 0 Å². The van der Waals surface area contributed by atoms with Crippen LogP contribution in [0.15, 0.2) is 41.3 Å². The van der Waals surface area contributed by atoms with Gasteiger partial charge in [-0.15, -0.1) is 0 Å². The Kier molecular flexibility index (Phi) is 4.49. The third kappa shape index (κ3) is 3.64. The molecule has 1 fully saturated rings. The van der Waals surface area contributed by atoms with Crippen LogP contribution in [0.5, 0.6) is 5.75 Å². The molecule has 6 nitrogen and oxygen atoms in total. The minimum Gasteiger partial charge on any atom is -0.496 e. The summed E-state index contributed by atoms with van der Waals surface area (Å²) >= 11 is 0. The first-order chi connectivity index (χ1) is 11.8. The predicted molar refractivity (Wildman–Crippen MR) is 88.7 cm³/mol. The van der Waals surface area contributed by atoms with E-state index in [1.807, 2.05) is 0 Å². The van der Waals surface area contributed by atoms with Crippen molar-refractivity contribution in [1.29, 1.82) is 0 Å².